The fraction of sp³-hybridized carbons (Fsp3) is 0.393. The second kappa shape index (κ2) is 10.3. The quantitative estimate of drug-likeness (QED) is 0.533. The summed E-state index contributed by atoms with van der Waals surface area (Å²) in [6, 6.07) is 12.3. The standard InChI is InChI=1S/C28H30FN5O3/c29-22-6-2-3-7-23(22)31-27-21(17-30-26(32-27)19-8-9-24-25(16-19)37-18-36-24)28(35)34-14-10-20(11-15-34)33-12-4-1-5-13-33/h2-3,6-9,16-17,20H,1,4-5,10-15,18H2,(H,30,31,32). The summed E-state index contributed by atoms with van der Waals surface area (Å²) < 4.78 is 25.4. The van der Waals surface area contributed by atoms with Crippen molar-refractivity contribution in [1.82, 2.24) is 19.8 Å². The van der Waals surface area contributed by atoms with Crippen LogP contribution in [0.4, 0.5) is 15.9 Å². The van der Waals surface area contributed by atoms with Crippen LogP contribution in [0.2, 0.25) is 0 Å². The molecule has 0 saturated carbocycles. The molecule has 4 heterocycles. The highest BCUT2D eigenvalue weighted by Gasteiger charge is 2.30. The monoisotopic (exact) mass is 503 g/mol. The third kappa shape index (κ3) is 4.96. The zero-order chi connectivity index (χ0) is 25.2. The highest BCUT2D eigenvalue weighted by Crippen LogP contribution is 2.36. The zero-order valence-corrected chi connectivity index (χ0v) is 20.7. The van der Waals surface area contributed by atoms with Crippen LogP contribution in [0.3, 0.4) is 0 Å². The van der Waals surface area contributed by atoms with E-state index in [1.807, 2.05) is 11.0 Å². The largest absolute Gasteiger partial charge is 0.454 e. The van der Waals surface area contributed by atoms with Crippen LogP contribution in [0.15, 0.2) is 48.7 Å². The molecule has 0 spiro atoms. The van der Waals surface area contributed by atoms with E-state index in [2.05, 4.69) is 20.2 Å². The van der Waals surface area contributed by atoms with Crippen LogP contribution in [-0.2, 0) is 0 Å². The van der Waals surface area contributed by atoms with Crippen LogP contribution in [-0.4, -0.2) is 64.7 Å². The van der Waals surface area contributed by atoms with E-state index in [0.29, 0.717) is 47.6 Å². The number of benzene rings is 2. The topological polar surface area (TPSA) is 79.8 Å². The molecule has 1 aromatic heterocycles. The highest BCUT2D eigenvalue weighted by molar-refractivity contribution is 5.99. The van der Waals surface area contributed by atoms with E-state index >= 15 is 0 Å². The number of rotatable bonds is 5. The molecule has 0 atom stereocenters. The number of carbonyl (C=O) groups excluding carboxylic acids is 1. The average Bonchev–Trinajstić information content (AvgIpc) is 3.43. The summed E-state index contributed by atoms with van der Waals surface area (Å²) in [4.78, 5) is 27.3. The number of halogens is 1. The van der Waals surface area contributed by atoms with E-state index in [-0.39, 0.29) is 24.2 Å². The van der Waals surface area contributed by atoms with E-state index < -0.39 is 5.82 Å². The minimum Gasteiger partial charge on any atom is -0.454 e. The smallest absolute Gasteiger partial charge is 0.259 e. The molecular formula is C28H30FN5O3. The molecule has 2 saturated heterocycles. The molecule has 2 aromatic carbocycles. The van der Waals surface area contributed by atoms with Gasteiger partial charge in [-0.3, -0.25) is 4.79 Å². The van der Waals surface area contributed by atoms with Crippen LogP contribution < -0.4 is 14.8 Å². The summed E-state index contributed by atoms with van der Waals surface area (Å²) in [6.07, 6.45) is 7.29. The van der Waals surface area contributed by atoms with Crippen LogP contribution in [0.5, 0.6) is 11.5 Å². The number of anilines is 2. The number of likely N-dealkylation sites (tertiary alicyclic amines) is 2. The predicted octanol–water partition coefficient (Wildman–Crippen LogP) is 4.85. The van der Waals surface area contributed by atoms with Gasteiger partial charge in [0.25, 0.3) is 5.91 Å². The van der Waals surface area contributed by atoms with Crippen molar-refractivity contribution in [3.63, 3.8) is 0 Å². The van der Waals surface area contributed by atoms with Crippen molar-refractivity contribution in [3.8, 4) is 22.9 Å². The molecule has 3 aliphatic rings. The van der Waals surface area contributed by atoms with Gasteiger partial charge >= 0.3 is 0 Å². The van der Waals surface area contributed by atoms with Crippen molar-refractivity contribution in [2.75, 3.05) is 38.3 Å². The van der Waals surface area contributed by atoms with Gasteiger partial charge in [-0.2, -0.15) is 0 Å². The summed E-state index contributed by atoms with van der Waals surface area (Å²) in [5.74, 6) is 1.38. The van der Waals surface area contributed by atoms with Crippen molar-refractivity contribution in [1.29, 1.82) is 0 Å². The third-order valence-corrected chi connectivity index (χ3v) is 7.44. The van der Waals surface area contributed by atoms with Gasteiger partial charge in [0.15, 0.2) is 17.3 Å². The van der Waals surface area contributed by atoms with Crippen molar-refractivity contribution >= 4 is 17.4 Å². The van der Waals surface area contributed by atoms with E-state index in [1.54, 1.807) is 30.3 Å². The number of para-hydroxylation sites is 1. The Morgan fingerprint density at radius 2 is 1.76 bits per heavy atom. The summed E-state index contributed by atoms with van der Waals surface area (Å²) >= 11 is 0. The molecule has 0 unspecified atom stereocenters. The van der Waals surface area contributed by atoms with Crippen molar-refractivity contribution in [2.45, 2.75) is 38.1 Å². The van der Waals surface area contributed by atoms with Crippen molar-refractivity contribution < 1.29 is 18.7 Å². The van der Waals surface area contributed by atoms with Crippen molar-refractivity contribution in [3.05, 3.63) is 60.0 Å². The molecule has 0 aliphatic carbocycles. The van der Waals surface area contributed by atoms with E-state index in [1.165, 1.54) is 31.5 Å². The number of amides is 1. The zero-order valence-electron chi connectivity index (χ0n) is 20.7. The van der Waals surface area contributed by atoms with Crippen LogP contribution >= 0.6 is 0 Å². The molecule has 8 nitrogen and oxygen atoms in total. The lowest BCUT2D eigenvalue weighted by molar-refractivity contribution is 0.0590. The SMILES string of the molecule is O=C(c1cnc(-c2ccc3c(c2)OCO3)nc1Nc1ccccc1F)N1CCC(N2CCCCC2)CC1. The molecule has 9 heteroatoms. The van der Waals surface area contributed by atoms with Gasteiger partial charge in [0.1, 0.15) is 17.2 Å². The number of nitrogens with zero attached hydrogens (tertiary/aromatic N) is 4. The van der Waals surface area contributed by atoms with Crippen LogP contribution in [0, 0.1) is 5.82 Å². The highest BCUT2D eigenvalue weighted by atomic mass is 19.1. The molecule has 2 fully saturated rings. The van der Waals surface area contributed by atoms with Gasteiger partial charge in [-0.25, -0.2) is 14.4 Å². The normalized spacial score (nSPS) is 18.1. The number of ether oxygens (including phenoxy) is 2. The predicted molar refractivity (Wildman–Crippen MR) is 138 cm³/mol. The lowest BCUT2D eigenvalue weighted by Crippen LogP contribution is -2.48. The Bertz CT molecular complexity index is 1290. The number of hydrogen-bond donors (Lipinski definition) is 1. The van der Waals surface area contributed by atoms with Gasteiger partial charge < -0.3 is 24.6 Å². The molecule has 1 amide bonds. The van der Waals surface area contributed by atoms with Gasteiger partial charge in [0.2, 0.25) is 6.79 Å². The summed E-state index contributed by atoms with van der Waals surface area (Å²) in [5, 5.41) is 3.05. The Balaban J connectivity index is 1.26. The Hall–Kier alpha value is -3.72. The number of fused-ring (bicyclic) bond motifs is 1. The van der Waals surface area contributed by atoms with Gasteiger partial charge in [-0.1, -0.05) is 18.6 Å². The van der Waals surface area contributed by atoms with Crippen LogP contribution in [0.1, 0.15) is 42.5 Å². The first-order valence-electron chi connectivity index (χ1n) is 13.0. The first-order valence-corrected chi connectivity index (χ1v) is 13.0. The van der Waals surface area contributed by atoms with Gasteiger partial charge in [-0.05, 0) is 69.1 Å². The molecule has 37 heavy (non-hydrogen) atoms. The molecule has 3 aliphatic heterocycles. The molecule has 0 bridgehead atoms. The first kappa shape index (κ1) is 23.7. The second-order valence-corrected chi connectivity index (χ2v) is 9.75. The van der Waals surface area contributed by atoms with E-state index in [9.17, 15) is 9.18 Å². The molecule has 3 aromatic rings. The maximum atomic E-state index is 14.5. The maximum absolute atomic E-state index is 14.5. The Kier molecular flexibility index (Phi) is 6.61. The van der Waals surface area contributed by atoms with Gasteiger partial charge in [0.05, 0.1) is 5.69 Å². The molecular weight excluding hydrogens is 473 g/mol. The van der Waals surface area contributed by atoms with E-state index in [0.717, 1.165) is 25.9 Å². The summed E-state index contributed by atoms with van der Waals surface area (Å²) in [7, 11) is 0. The lowest BCUT2D eigenvalue weighted by Gasteiger charge is -2.40. The number of piperidine rings is 2. The van der Waals surface area contributed by atoms with Crippen molar-refractivity contribution in [2.24, 2.45) is 0 Å². The average molecular weight is 504 g/mol. The van der Waals surface area contributed by atoms with Crippen LogP contribution in [0.25, 0.3) is 11.4 Å². The fourth-order valence-corrected chi connectivity index (χ4v) is 5.39. The Labute approximate surface area is 215 Å². The minimum absolute atomic E-state index is 0.145. The number of hydrogen-bond acceptors (Lipinski definition) is 7. The number of nitrogens with one attached hydrogen (secondary N) is 1. The summed E-state index contributed by atoms with van der Waals surface area (Å²) in [5.41, 5.74) is 1.28. The maximum Gasteiger partial charge on any atom is 0.259 e. The molecule has 0 radical (unpaired) electrons. The molecule has 192 valence electrons. The third-order valence-electron chi connectivity index (χ3n) is 7.44. The Morgan fingerprint density at radius 1 is 0.973 bits per heavy atom. The summed E-state index contributed by atoms with van der Waals surface area (Å²) in [6.45, 7) is 3.85. The number of carbonyl (C=O) groups is 1. The second-order valence-electron chi connectivity index (χ2n) is 9.75. The van der Waals surface area contributed by atoms with Gasteiger partial charge in [0, 0.05) is 30.9 Å². The Morgan fingerprint density at radius 3 is 2.57 bits per heavy atom. The molecule has 6 rings (SSSR count). The fourth-order valence-electron chi connectivity index (χ4n) is 5.39. The van der Waals surface area contributed by atoms with E-state index in [4.69, 9.17) is 9.47 Å². The minimum atomic E-state index is -0.425. The first-order chi connectivity index (χ1) is 18.2. The number of aromatic nitrogens is 2. The van der Waals surface area contributed by atoms with Gasteiger partial charge in [-0.15, -0.1) is 0 Å². The molecule has 1 N–H and O–H groups in total. The lowest BCUT2D eigenvalue weighted by atomic mass is 9.99.